The van der Waals surface area contributed by atoms with Gasteiger partial charge in [-0.25, -0.2) is 14.5 Å². The average Bonchev–Trinajstić information content (AvgIpc) is 2.84. The van der Waals surface area contributed by atoms with Crippen LogP contribution in [0.15, 0.2) is 41.7 Å². The van der Waals surface area contributed by atoms with Crippen LogP contribution in [-0.4, -0.2) is 19.6 Å². The molecule has 7 heteroatoms. The Morgan fingerprint density at radius 1 is 1.15 bits per heavy atom. The minimum atomic E-state index is 0. The van der Waals surface area contributed by atoms with Gasteiger partial charge in [0.15, 0.2) is 5.65 Å². The third-order valence-corrected chi connectivity index (χ3v) is 3.28. The summed E-state index contributed by atoms with van der Waals surface area (Å²) in [6.45, 7) is 0. The number of hydrogen-bond acceptors (Lipinski definition) is 4. The molecule has 0 atom stereocenters. The molecule has 0 aliphatic carbocycles. The zero-order chi connectivity index (χ0) is 13.2. The van der Waals surface area contributed by atoms with Crippen molar-refractivity contribution in [2.75, 3.05) is 0 Å². The topological polar surface area (TPSA) is 43.1 Å². The number of hydrogen-bond donors (Lipinski definition) is 0. The molecule has 3 aromatic heterocycles. The van der Waals surface area contributed by atoms with Crippen molar-refractivity contribution in [2.45, 2.75) is 4.90 Å². The van der Waals surface area contributed by atoms with Gasteiger partial charge in [0.05, 0.1) is 11.2 Å². The van der Waals surface area contributed by atoms with Gasteiger partial charge < -0.3 is 12.6 Å². The molecular weight excluding hydrogens is 319 g/mol. The Labute approximate surface area is 168 Å². The van der Waals surface area contributed by atoms with Gasteiger partial charge in [0.1, 0.15) is 11.4 Å². The molecule has 0 aliphatic rings. The van der Waals surface area contributed by atoms with Crippen LogP contribution >= 0.6 is 11.6 Å². The Morgan fingerprint density at radius 3 is 2.85 bits per heavy atom. The van der Waals surface area contributed by atoms with Gasteiger partial charge in [-0.05, 0) is 24.0 Å². The monoisotopic (exact) mass is 324 g/mol. The number of fused-ring (bicyclic) bond motifs is 1. The summed E-state index contributed by atoms with van der Waals surface area (Å²) in [4.78, 5) is 8.83. The molecule has 0 aliphatic heterocycles. The van der Waals surface area contributed by atoms with E-state index in [2.05, 4.69) is 26.9 Å². The second kappa shape index (κ2) is 6.96. The first-order chi connectivity index (χ1) is 9.25. The van der Waals surface area contributed by atoms with Crippen molar-refractivity contribution in [1.29, 1.82) is 0 Å². The second-order valence-corrected chi connectivity index (χ2v) is 4.48. The molecule has 0 fully saturated rings. The molecule has 3 rings (SSSR count). The molecule has 3 aromatic rings. The van der Waals surface area contributed by atoms with Gasteiger partial charge in [-0.2, -0.15) is 9.99 Å². The first-order valence-electron chi connectivity index (χ1n) is 5.38. The van der Waals surface area contributed by atoms with Crippen LogP contribution < -0.4 is 51.4 Å². The average molecular weight is 325 g/mol. The van der Waals surface area contributed by atoms with E-state index in [1.807, 2.05) is 12.1 Å². The van der Waals surface area contributed by atoms with Crippen molar-refractivity contribution in [3.63, 3.8) is 0 Å². The van der Waals surface area contributed by atoms with Crippen molar-refractivity contribution in [2.24, 2.45) is 0 Å². The number of nitrogens with zero attached hydrogens (tertiary/aromatic N) is 4. The van der Waals surface area contributed by atoms with Gasteiger partial charge in [-0.3, -0.25) is 0 Å². The molecule has 0 radical (unpaired) electrons. The third kappa shape index (κ3) is 3.20. The molecule has 20 heavy (non-hydrogen) atoms. The zero-order valence-corrected chi connectivity index (χ0v) is 15.2. The van der Waals surface area contributed by atoms with Crippen LogP contribution in [0, 0.1) is 11.8 Å². The van der Waals surface area contributed by atoms with E-state index in [4.69, 9.17) is 24.2 Å². The van der Waals surface area contributed by atoms with Gasteiger partial charge in [-0.1, -0.05) is 17.7 Å². The first-order valence-corrected chi connectivity index (χ1v) is 6.16. The van der Waals surface area contributed by atoms with Crippen molar-refractivity contribution in [3.05, 3.63) is 53.2 Å². The first kappa shape index (κ1) is 15.9. The van der Waals surface area contributed by atoms with Crippen LogP contribution in [0.4, 0.5) is 0 Å². The number of rotatable bonds is 0. The van der Waals surface area contributed by atoms with E-state index in [0.717, 1.165) is 5.65 Å². The van der Waals surface area contributed by atoms with Crippen LogP contribution in [0.2, 0.25) is 5.02 Å². The normalized spacial score (nSPS) is 9.65. The van der Waals surface area contributed by atoms with E-state index < -0.39 is 0 Å². The molecule has 4 nitrogen and oxygen atoms in total. The standard InChI is InChI=1S/C13H7ClN4S.K/c14-13-10(15-7-5-11(13)19)4-3-9-8-16-12-2-1-6-17-18(9)12;/h1-2,5-8H,(H,15,19);/q;+1/p-1. The molecule has 0 amide bonds. The fourth-order valence-corrected chi connectivity index (χ4v) is 1.87. The number of pyridine rings is 1. The fraction of sp³-hybridized carbons (Fsp3) is 0. The predicted molar refractivity (Wildman–Crippen MR) is 73.8 cm³/mol. The summed E-state index contributed by atoms with van der Waals surface area (Å²) in [5.41, 5.74) is 1.87. The summed E-state index contributed by atoms with van der Waals surface area (Å²) in [6, 6.07) is 5.34. The fourth-order valence-electron chi connectivity index (χ4n) is 1.55. The van der Waals surface area contributed by atoms with E-state index in [9.17, 15) is 0 Å². The van der Waals surface area contributed by atoms with Crippen LogP contribution in [0.1, 0.15) is 11.4 Å². The minimum absolute atomic E-state index is 0. The summed E-state index contributed by atoms with van der Waals surface area (Å²) >= 11 is 11.1. The van der Waals surface area contributed by atoms with Crippen LogP contribution in [0.3, 0.4) is 0 Å². The van der Waals surface area contributed by atoms with Gasteiger partial charge in [0.2, 0.25) is 0 Å². The quantitative estimate of drug-likeness (QED) is 0.305. The summed E-state index contributed by atoms with van der Waals surface area (Å²) < 4.78 is 1.65. The molecule has 0 unspecified atom stereocenters. The molecule has 0 bridgehead atoms. The van der Waals surface area contributed by atoms with Gasteiger partial charge in [0, 0.05) is 12.4 Å². The Hall–Kier alpha value is -0.524. The Balaban J connectivity index is 0.00000147. The summed E-state index contributed by atoms with van der Waals surface area (Å²) in [6.07, 6.45) is 4.92. The molecule has 0 N–H and O–H groups in total. The molecule has 0 spiro atoms. The predicted octanol–water partition coefficient (Wildman–Crippen LogP) is -0.913. The summed E-state index contributed by atoms with van der Waals surface area (Å²) in [5, 5.41) is 4.57. The zero-order valence-electron chi connectivity index (χ0n) is 10.5. The molecule has 3 heterocycles. The maximum Gasteiger partial charge on any atom is 1.00 e. The molecular formula is C13H6ClKN4S. The molecule has 0 saturated carbocycles. The van der Waals surface area contributed by atoms with E-state index in [1.54, 1.807) is 29.2 Å². The van der Waals surface area contributed by atoms with Gasteiger partial charge >= 0.3 is 51.4 Å². The van der Waals surface area contributed by atoms with Crippen molar-refractivity contribution >= 4 is 29.9 Å². The van der Waals surface area contributed by atoms with Crippen molar-refractivity contribution < 1.29 is 51.4 Å². The Morgan fingerprint density at radius 2 is 2.00 bits per heavy atom. The van der Waals surface area contributed by atoms with E-state index >= 15 is 0 Å². The molecule has 0 saturated heterocycles. The number of halogens is 1. The SMILES string of the molecule is [K+].[S-]c1ccnc(C#Cc2cnc3cccnn23)c1Cl. The van der Waals surface area contributed by atoms with E-state index in [1.165, 1.54) is 0 Å². The van der Waals surface area contributed by atoms with E-state index in [0.29, 0.717) is 21.3 Å². The van der Waals surface area contributed by atoms with Crippen LogP contribution in [0.25, 0.3) is 5.65 Å². The van der Waals surface area contributed by atoms with Gasteiger partial charge in [-0.15, -0.1) is 0 Å². The molecule has 92 valence electrons. The van der Waals surface area contributed by atoms with Crippen LogP contribution in [0.5, 0.6) is 0 Å². The van der Waals surface area contributed by atoms with Crippen molar-refractivity contribution in [1.82, 2.24) is 19.6 Å². The minimum Gasteiger partial charge on any atom is -0.778 e. The summed E-state index contributed by atoms with van der Waals surface area (Å²) in [5.74, 6) is 5.83. The number of imidazole rings is 1. The molecule has 0 aromatic carbocycles. The maximum atomic E-state index is 6.04. The Kier molecular flexibility index (Phi) is 5.52. The van der Waals surface area contributed by atoms with Crippen molar-refractivity contribution in [3.8, 4) is 11.8 Å². The van der Waals surface area contributed by atoms with Crippen LogP contribution in [-0.2, 0) is 12.6 Å². The third-order valence-electron chi connectivity index (χ3n) is 2.44. The second-order valence-electron chi connectivity index (χ2n) is 3.66. The smallest absolute Gasteiger partial charge is 0.778 e. The largest absolute Gasteiger partial charge is 1.00 e. The maximum absolute atomic E-state index is 6.04. The Bertz CT molecular complexity index is 822. The van der Waals surface area contributed by atoms with Gasteiger partial charge in [0.25, 0.3) is 0 Å². The number of aromatic nitrogens is 4. The summed E-state index contributed by atoms with van der Waals surface area (Å²) in [7, 11) is 0. The van der Waals surface area contributed by atoms with E-state index in [-0.39, 0.29) is 51.4 Å².